The Morgan fingerprint density at radius 3 is 2.18 bits per heavy atom. The van der Waals surface area contributed by atoms with Gasteiger partial charge in [-0.1, -0.05) is 45.7 Å². The van der Waals surface area contributed by atoms with Crippen LogP contribution in [0, 0.1) is 5.82 Å². The van der Waals surface area contributed by atoms with Crippen molar-refractivity contribution < 1.29 is 4.39 Å². The molecule has 0 N–H and O–H groups in total. The first kappa shape index (κ1) is 13.1. The van der Waals surface area contributed by atoms with Gasteiger partial charge in [0.2, 0.25) is 0 Å². The first-order chi connectivity index (χ1) is 8.08. The Morgan fingerprint density at radius 1 is 1.00 bits per heavy atom. The van der Waals surface area contributed by atoms with Crippen LogP contribution in [-0.2, 0) is 0 Å². The zero-order valence-corrected chi connectivity index (χ0v) is 12.6. The highest BCUT2D eigenvalue weighted by molar-refractivity contribution is 9.10. The minimum atomic E-state index is -0.231. The second kappa shape index (κ2) is 5.51. The normalized spacial score (nSPS) is 12.5. The van der Waals surface area contributed by atoms with E-state index in [1.807, 2.05) is 18.2 Å². The van der Waals surface area contributed by atoms with Gasteiger partial charge in [-0.25, -0.2) is 4.39 Å². The van der Waals surface area contributed by atoms with E-state index in [9.17, 15) is 4.39 Å². The molecule has 0 aliphatic carbocycles. The van der Waals surface area contributed by atoms with Crippen LogP contribution < -0.4 is 0 Å². The van der Waals surface area contributed by atoms with Gasteiger partial charge in [0, 0.05) is 4.47 Å². The Labute approximate surface area is 121 Å². The highest BCUT2D eigenvalue weighted by atomic mass is 79.9. The summed E-state index contributed by atoms with van der Waals surface area (Å²) in [4.78, 5) is 0.0247. The maximum absolute atomic E-state index is 12.8. The fourth-order valence-corrected chi connectivity index (χ4v) is 2.60. The molecular formula is C13H8Br2ClF. The van der Waals surface area contributed by atoms with Crippen LogP contribution in [0.15, 0.2) is 46.9 Å². The van der Waals surface area contributed by atoms with Crippen LogP contribution in [0.1, 0.15) is 16.0 Å². The second-order valence-corrected chi connectivity index (χ2v) is 5.76. The second-order valence-electron chi connectivity index (χ2n) is 3.59. The molecule has 0 amide bonds. The van der Waals surface area contributed by atoms with E-state index in [0.717, 1.165) is 15.6 Å². The molecular weight excluding hydrogens is 370 g/mol. The molecule has 17 heavy (non-hydrogen) atoms. The molecule has 88 valence electrons. The molecule has 2 aromatic carbocycles. The van der Waals surface area contributed by atoms with E-state index in [2.05, 4.69) is 31.9 Å². The molecule has 0 aliphatic rings. The SMILES string of the molecule is Fc1ccc(C(Br)c2ccc(Cl)c(Br)c2)cc1. The molecule has 0 aromatic heterocycles. The van der Waals surface area contributed by atoms with E-state index >= 15 is 0 Å². The summed E-state index contributed by atoms with van der Waals surface area (Å²) in [6.07, 6.45) is 0. The van der Waals surface area contributed by atoms with Crippen molar-refractivity contribution in [2.75, 3.05) is 0 Å². The van der Waals surface area contributed by atoms with E-state index in [4.69, 9.17) is 11.6 Å². The number of alkyl halides is 1. The molecule has 0 saturated heterocycles. The van der Waals surface area contributed by atoms with E-state index < -0.39 is 0 Å². The predicted octanol–water partition coefficient (Wildman–Crippen LogP) is 5.73. The van der Waals surface area contributed by atoms with Gasteiger partial charge in [0.1, 0.15) is 5.82 Å². The van der Waals surface area contributed by atoms with Crippen molar-refractivity contribution in [2.24, 2.45) is 0 Å². The van der Waals surface area contributed by atoms with Crippen molar-refractivity contribution in [3.63, 3.8) is 0 Å². The lowest BCUT2D eigenvalue weighted by Crippen LogP contribution is -1.93. The minimum Gasteiger partial charge on any atom is -0.207 e. The first-order valence-electron chi connectivity index (χ1n) is 4.92. The highest BCUT2D eigenvalue weighted by Gasteiger charge is 2.11. The molecule has 4 heteroatoms. The van der Waals surface area contributed by atoms with Gasteiger partial charge in [0.15, 0.2) is 0 Å². The van der Waals surface area contributed by atoms with Gasteiger partial charge in [-0.15, -0.1) is 0 Å². The summed E-state index contributed by atoms with van der Waals surface area (Å²) in [5.41, 5.74) is 2.06. The molecule has 1 unspecified atom stereocenters. The van der Waals surface area contributed by atoms with Crippen LogP contribution in [-0.4, -0.2) is 0 Å². The van der Waals surface area contributed by atoms with Crippen LogP contribution in [0.5, 0.6) is 0 Å². The summed E-state index contributed by atoms with van der Waals surface area (Å²) in [6, 6.07) is 12.2. The number of benzene rings is 2. The Bertz CT molecular complexity index is 525. The first-order valence-corrected chi connectivity index (χ1v) is 7.01. The van der Waals surface area contributed by atoms with Gasteiger partial charge in [0.05, 0.1) is 9.85 Å². The summed E-state index contributed by atoms with van der Waals surface area (Å²) in [6.45, 7) is 0. The monoisotopic (exact) mass is 376 g/mol. The Kier molecular flexibility index (Phi) is 4.23. The van der Waals surface area contributed by atoms with Crippen LogP contribution in [0.3, 0.4) is 0 Å². The molecule has 1 atom stereocenters. The van der Waals surface area contributed by atoms with E-state index in [-0.39, 0.29) is 10.6 Å². The molecule has 2 rings (SSSR count). The Hall–Kier alpha value is -0.380. The fourth-order valence-electron chi connectivity index (χ4n) is 1.49. The number of rotatable bonds is 2. The lowest BCUT2D eigenvalue weighted by atomic mass is 10.1. The fraction of sp³-hybridized carbons (Fsp3) is 0.0769. The van der Waals surface area contributed by atoms with Crippen molar-refractivity contribution in [1.29, 1.82) is 0 Å². The zero-order chi connectivity index (χ0) is 12.4. The molecule has 0 nitrogen and oxygen atoms in total. The number of hydrogen-bond donors (Lipinski definition) is 0. The van der Waals surface area contributed by atoms with Crippen molar-refractivity contribution >= 4 is 43.5 Å². The summed E-state index contributed by atoms with van der Waals surface area (Å²) < 4.78 is 13.7. The van der Waals surface area contributed by atoms with Gasteiger partial charge in [-0.05, 0) is 51.3 Å². The topological polar surface area (TPSA) is 0 Å². The molecule has 0 radical (unpaired) electrons. The molecule has 0 heterocycles. The molecule has 0 aliphatic heterocycles. The molecule has 0 fully saturated rings. The van der Waals surface area contributed by atoms with Crippen LogP contribution in [0.4, 0.5) is 4.39 Å². The molecule has 0 spiro atoms. The third kappa shape index (κ3) is 3.09. The predicted molar refractivity (Wildman–Crippen MR) is 76.3 cm³/mol. The van der Waals surface area contributed by atoms with Crippen molar-refractivity contribution in [1.82, 2.24) is 0 Å². The summed E-state index contributed by atoms with van der Waals surface area (Å²) in [7, 11) is 0. The van der Waals surface area contributed by atoms with Crippen LogP contribution in [0.2, 0.25) is 5.02 Å². The quantitative estimate of drug-likeness (QED) is 0.586. The average molecular weight is 378 g/mol. The van der Waals surface area contributed by atoms with Crippen molar-refractivity contribution in [2.45, 2.75) is 4.83 Å². The minimum absolute atomic E-state index is 0.0247. The van der Waals surface area contributed by atoms with Crippen molar-refractivity contribution in [3.8, 4) is 0 Å². The van der Waals surface area contributed by atoms with Crippen molar-refractivity contribution in [3.05, 3.63) is 68.9 Å². The zero-order valence-electron chi connectivity index (χ0n) is 8.63. The third-order valence-corrected chi connectivity index (χ3v) is 4.67. The molecule has 2 aromatic rings. The molecule has 0 saturated carbocycles. The van der Waals surface area contributed by atoms with Crippen LogP contribution in [0.25, 0.3) is 0 Å². The third-order valence-electron chi connectivity index (χ3n) is 2.40. The smallest absolute Gasteiger partial charge is 0.123 e. The number of halogens is 4. The van der Waals surface area contributed by atoms with Gasteiger partial charge in [-0.3, -0.25) is 0 Å². The maximum Gasteiger partial charge on any atom is 0.123 e. The largest absolute Gasteiger partial charge is 0.207 e. The summed E-state index contributed by atoms with van der Waals surface area (Å²) in [5, 5.41) is 0.674. The standard InChI is InChI=1S/C13H8Br2ClF/c14-11-7-9(3-6-12(11)16)13(15)8-1-4-10(17)5-2-8/h1-7,13H. The van der Waals surface area contributed by atoms with E-state index in [1.54, 1.807) is 12.1 Å². The molecule has 0 bridgehead atoms. The van der Waals surface area contributed by atoms with Gasteiger partial charge < -0.3 is 0 Å². The Morgan fingerprint density at radius 2 is 1.59 bits per heavy atom. The Balaban J connectivity index is 2.33. The van der Waals surface area contributed by atoms with Crippen LogP contribution >= 0.6 is 43.5 Å². The highest BCUT2D eigenvalue weighted by Crippen LogP contribution is 2.34. The number of hydrogen-bond acceptors (Lipinski definition) is 0. The summed E-state index contributed by atoms with van der Waals surface area (Å²) >= 11 is 12.9. The van der Waals surface area contributed by atoms with E-state index in [0.29, 0.717) is 5.02 Å². The van der Waals surface area contributed by atoms with Gasteiger partial charge in [-0.2, -0.15) is 0 Å². The summed E-state index contributed by atoms with van der Waals surface area (Å²) in [5.74, 6) is -0.231. The van der Waals surface area contributed by atoms with Gasteiger partial charge >= 0.3 is 0 Å². The van der Waals surface area contributed by atoms with Gasteiger partial charge in [0.25, 0.3) is 0 Å². The maximum atomic E-state index is 12.8. The lowest BCUT2D eigenvalue weighted by Gasteiger charge is -2.11. The van der Waals surface area contributed by atoms with E-state index in [1.165, 1.54) is 12.1 Å². The average Bonchev–Trinajstić information content (AvgIpc) is 2.33. The lowest BCUT2D eigenvalue weighted by molar-refractivity contribution is 0.627.